The molecule has 0 saturated heterocycles. The van der Waals surface area contributed by atoms with E-state index in [0.29, 0.717) is 12.2 Å². The lowest BCUT2D eigenvalue weighted by Crippen LogP contribution is -2.41. The fourth-order valence-electron chi connectivity index (χ4n) is 2.86. The first-order valence-corrected chi connectivity index (χ1v) is 13.1. The van der Waals surface area contributed by atoms with Crippen LogP contribution in [0.1, 0.15) is 5.56 Å². The molecule has 1 N–H and O–H groups in total. The summed E-state index contributed by atoms with van der Waals surface area (Å²) in [6.07, 6.45) is 0. The van der Waals surface area contributed by atoms with E-state index >= 15 is 0 Å². The maximum atomic E-state index is 13.2. The highest BCUT2D eigenvalue weighted by atomic mass is 79.9. The summed E-state index contributed by atoms with van der Waals surface area (Å²) in [7, 11) is -3.88. The third kappa shape index (κ3) is 6.85. The van der Waals surface area contributed by atoms with Crippen LogP contribution in [-0.2, 0) is 20.6 Å². The molecule has 8 heteroatoms. The lowest BCUT2D eigenvalue weighted by Gasteiger charge is -2.24. The van der Waals surface area contributed by atoms with Crippen molar-refractivity contribution >= 4 is 49.3 Å². The van der Waals surface area contributed by atoms with Crippen molar-refractivity contribution < 1.29 is 13.2 Å². The molecule has 0 aliphatic carbocycles. The zero-order valence-electron chi connectivity index (χ0n) is 16.8. The predicted molar refractivity (Wildman–Crippen MR) is 131 cm³/mol. The molecule has 0 fully saturated rings. The van der Waals surface area contributed by atoms with Crippen molar-refractivity contribution in [1.82, 2.24) is 5.32 Å². The highest BCUT2D eigenvalue weighted by molar-refractivity contribution is 9.10. The molecule has 0 aliphatic heterocycles. The Balaban J connectivity index is 1.63. The lowest BCUT2D eigenvalue weighted by molar-refractivity contribution is -0.119. The van der Waals surface area contributed by atoms with E-state index in [9.17, 15) is 13.2 Å². The Bertz CT molecular complexity index is 1080. The summed E-state index contributed by atoms with van der Waals surface area (Å²) in [4.78, 5) is 12.7. The maximum Gasteiger partial charge on any atom is 0.264 e. The second-order valence-electron chi connectivity index (χ2n) is 6.69. The van der Waals surface area contributed by atoms with Gasteiger partial charge in [0.25, 0.3) is 10.0 Å². The van der Waals surface area contributed by atoms with Gasteiger partial charge in [-0.3, -0.25) is 9.10 Å². The second-order valence-corrected chi connectivity index (χ2v) is 10.6. The van der Waals surface area contributed by atoms with Crippen molar-refractivity contribution in [2.75, 3.05) is 23.1 Å². The molecule has 31 heavy (non-hydrogen) atoms. The Labute approximate surface area is 196 Å². The average Bonchev–Trinajstić information content (AvgIpc) is 2.79. The van der Waals surface area contributed by atoms with Gasteiger partial charge in [0.1, 0.15) is 6.54 Å². The molecule has 3 rings (SSSR count). The average molecular weight is 519 g/mol. The first kappa shape index (κ1) is 23.4. The normalized spacial score (nSPS) is 11.1. The highest BCUT2D eigenvalue weighted by Crippen LogP contribution is 2.25. The number of hydrogen-bond acceptors (Lipinski definition) is 4. The van der Waals surface area contributed by atoms with Crippen LogP contribution in [0.4, 0.5) is 5.69 Å². The molecule has 0 bridgehead atoms. The van der Waals surface area contributed by atoms with E-state index in [0.717, 1.165) is 20.3 Å². The number of benzene rings is 3. The third-order valence-electron chi connectivity index (χ3n) is 4.41. The van der Waals surface area contributed by atoms with Crippen LogP contribution in [0.15, 0.2) is 94.3 Å². The Morgan fingerprint density at radius 2 is 1.52 bits per heavy atom. The minimum absolute atomic E-state index is 0.143. The number of amides is 1. The summed E-state index contributed by atoms with van der Waals surface area (Å²) in [6, 6.07) is 25.1. The van der Waals surface area contributed by atoms with Crippen molar-refractivity contribution in [1.29, 1.82) is 0 Å². The maximum absolute atomic E-state index is 13.2. The van der Waals surface area contributed by atoms with Crippen LogP contribution in [0, 0.1) is 0 Å². The second kappa shape index (κ2) is 11.4. The van der Waals surface area contributed by atoms with Gasteiger partial charge in [-0.05, 0) is 42.0 Å². The Morgan fingerprint density at radius 1 is 0.903 bits per heavy atom. The molecule has 162 valence electrons. The quantitative estimate of drug-likeness (QED) is 0.395. The summed E-state index contributed by atoms with van der Waals surface area (Å²) in [6.45, 7) is 0.179. The fraction of sp³-hybridized carbons (Fsp3) is 0.174. The first-order valence-electron chi connectivity index (χ1n) is 9.68. The molecular formula is C23H23BrN2O3S2. The number of nitrogens with one attached hydrogen (secondary N) is 1. The van der Waals surface area contributed by atoms with Gasteiger partial charge in [-0.25, -0.2) is 8.42 Å². The summed E-state index contributed by atoms with van der Waals surface area (Å²) in [5.74, 6) is 1.26. The SMILES string of the molecule is O=C(CN(c1ccc(Br)cc1)S(=O)(=O)c1ccccc1)NCCSCc1ccccc1. The van der Waals surface area contributed by atoms with Gasteiger partial charge in [-0.1, -0.05) is 64.5 Å². The number of thioether (sulfide) groups is 1. The topological polar surface area (TPSA) is 66.5 Å². The van der Waals surface area contributed by atoms with Crippen LogP contribution < -0.4 is 9.62 Å². The predicted octanol–water partition coefficient (Wildman–Crippen LogP) is 4.69. The van der Waals surface area contributed by atoms with E-state index in [4.69, 9.17) is 0 Å². The van der Waals surface area contributed by atoms with Crippen molar-refractivity contribution in [3.05, 3.63) is 95.0 Å². The van der Waals surface area contributed by atoms with Gasteiger partial charge in [-0.2, -0.15) is 11.8 Å². The molecule has 1 amide bonds. The molecule has 0 saturated carbocycles. The van der Waals surface area contributed by atoms with E-state index in [2.05, 4.69) is 33.4 Å². The largest absolute Gasteiger partial charge is 0.354 e. The number of sulfonamides is 1. The van der Waals surface area contributed by atoms with Crippen LogP contribution in [0.25, 0.3) is 0 Å². The molecule has 3 aromatic carbocycles. The van der Waals surface area contributed by atoms with E-state index in [-0.39, 0.29) is 17.3 Å². The Hall–Kier alpha value is -2.29. The zero-order chi connectivity index (χ0) is 22.1. The standard InChI is InChI=1S/C23H23BrN2O3S2/c24-20-11-13-21(14-12-20)26(31(28,29)22-9-5-2-6-10-22)17-23(27)25-15-16-30-18-19-7-3-1-4-8-19/h1-14H,15-18H2,(H,25,27). The molecule has 0 spiro atoms. The van der Waals surface area contributed by atoms with Crippen molar-refractivity contribution in [2.24, 2.45) is 0 Å². The van der Waals surface area contributed by atoms with E-state index in [1.54, 1.807) is 54.2 Å². The molecular weight excluding hydrogens is 496 g/mol. The molecule has 0 aliphatic rings. The molecule has 0 unspecified atom stereocenters. The summed E-state index contributed by atoms with van der Waals surface area (Å²) in [5, 5.41) is 2.83. The number of hydrogen-bond donors (Lipinski definition) is 1. The zero-order valence-corrected chi connectivity index (χ0v) is 20.0. The number of carbonyl (C=O) groups excluding carboxylic acids is 1. The smallest absolute Gasteiger partial charge is 0.264 e. The monoisotopic (exact) mass is 518 g/mol. The van der Waals surface area contributed by atoms with Gasteiger partial charge in [0, 0.05) is 22.5 Å². The van der Waals surface area contributed by atoms with E-state index in [1.165, 1.54) is 17.7 Å². The number of rotatable bonds is 10. The molecule has 0 heterocycles. The molecule has 5 nitrogen and oxygen atoms in total. The van der Waals surface area contributed by atoms with Crippen LogP contribution in [0.5, 0.6) is 0 Å². The van der Waals surface area contributed by atoms with E-state index in [1.807, 2.05) is 18.2 Å². The summed E-state index contributed by atoms with van der Waals surface area (Å²) in [5.41, 5.74) is 1.66. The molecule has 0 aromatic heterocycles. The number of nitrogens with zero attached hydrogens (tertiary/aromatic N) is 1. The summed E-state index contributed by atoms with van der Waals surface area (Å²) >= 11 is 5.07. The lowest BCUT2D eigenvalue weighted by atomic mass is 10.2. The third-order valence-corrected chi connectivity index (χ3v) is 7.76. The summed E-state index contributed by atoms with van der Waals surface area (Å²) < 4.78 is 28.4. The van der Waals surface area contributed by atoms with Gasteiger partial charge in [0.05, 0.1) is 10.6 Å². The molecule has 0 radical (unpaired) electrons. The Morgan fingerprint density at radius 3 is 2.16 bits per heavy atom. The minimum atomic E-state index is -3.88. The van der Waals surface area contributed by atoms with Gasteiger partial charge in [-0.15, -0.1) is 0 Å². The number of anilines is 1. The number of carbonyl (C=O) groups is 1. The minimum Gasteiger partial charge on any atom is -0.354 e. The van der Waals surface area contributed by atoms with Gasteiger partial charge in [0.15, 0.2) is 0 Å². The highest BCUT2D eigenvalue weighted by Gasteiger charge is 2.26. The first-order chi connectivity index (χ1) is 15.0. The molecule has 0 atom stereocenters. The number of halogens is 1. The van der Waals surface area contributed by atoms with Crippen LogP contribution in [-0.4, -0.2) is 33.2 Å². The fourth-order valence-corrected chi connectivity index (χ4v) is 5.38. The van der Waals surface area contributed by atoms with Crippen LogP contribution in [0.2, 0.25) is 0 Å². The Kier molecular flexibility index (Phi) is 8.57. The van der Waals surface area contributed by atoms with Crippen molar-refractivity contribution in [2.45, 2.75) is 10.6 Å². The van der Waals surface area contributed by atoms with Crippen molar-refractivity contribution in [3.63, 3.8) is 0 Å². The van der Waals surface area contributed by atoms with Gasteiger partial charge in [0.2, 0.25) is 5.91 Å². The van der Waals surface area contributed by atoms with Gasteiger partial charge < -0.3 is 5.32 Å². The van der Waals surface area contributed by atoms with E-state index < -0.39 is 10.0 Å². The van der Waals surface area contributed by atoms with Crippen LogP contribution >= 0.6 is 27.7 Å². The van der Waals surface area contributed by atoms with Crippen molar-refractivity contribution in [3.8, 4) is 0 Å². The molecule has 3 aromatic rings. The van der Waals surface area contributed by atoms with Crippen LogP contribution in [0.3, 0.4) is 0 Å². The van der Waals surface area contributed by atoms with Gasteiger partial charge >= 0.3 is 0 Å².